The van der Waals surface area contributed by atoms with Crippen molar-refractivity contribution in [1.29, 1.82) is 0 Å². The number of rotatable bonds is 1. The lowest BCUT2D eigenvalue weighted by atomic mass is 9.84. The smallest absolute Gasteiger partial charge is 0.110 e. The van der Waals surface area contributed by atoms with E-state index in [0.29, 0.717) is 0 Å². The van der Waals surface area contributed by atoms with Gasteiger partial charge in [0, 0.05) is 17.8 Å². The van der Waals surface area contributed by atoms with Crippen LogP contribution in [0.15, 0.2) is 22.9 Å². The van der Waals surface area contributed by atoms with Gasteiger partial charge in [-0.05, 0) is 27.4 Å². The van der Waals surface area contributed by atoms with Gasteiger partial charge in [0.25, 0.3) is 0 Å². The average Bonchev–Trinajstić information content (AvgIpc) is 2.02. The van der Waals surface area contributed by atoms with Gasteiger partial charge in [-0.3, -0.25) is 0 Å². The minimum absolute atomic E-state index is 0.00979. The Balaban J connectivity index is 3.02. The Kier molecular flexibility index (Phi) is 3.09. The Bertz CT molecular complexity index is 291. The fourth-order valence-electron chi connectivity index (χ4n) is 1.10. The first-order chi connectivity index (χ1) is 5.93. The van der Waals surface area contributed by atoms with E-state index in [-0.39, 0.29) is 11.5 Å². The van der Waals surface area contributed by atoms with Crippen molar-refractivity contribution in [3.05, 3.63) is 28.5 Å². The first-order valence-corrected chi connectivity index (χ1v) is 5.08. The molecule has 0 saturated heterocycles. The highest BCUT2D eigenvalue weighted by Gasteiger charge is 2.23. The number of pyridine rings is 1. The molecule has 2 nitrogen and oxygen atoms in total. The maximum Gasteiger partial charge on any atom is 0.110 e. The van der Waals surface area contributed by atoms with Crippen molar-refractivity contribution in [3.63, 3.8) is 0 Å². The second-order valence-electron chi connectivity index (χ2n) is 4.23. The quantitative estimate of drug-likeness (QED) is 0.770. The van der Waals surface area contributed by atoms with Gasteiger partial charge in [0.2, 0.25) is 0 Å². The summed E-state index contributed by atoms with van der Waals surface area (Å²) < 4.78 is 0.845. The molecule has 0 unspecified atom stereocenters. The zero-order valence-corrected chi connectivity index (χ0v) is 9.80. The summed E-state index contributed by atoms with van der Waals surface area (Å²) in [4.78, 5) is 4.15. The van der Waals surface area contributed by atoms with Gasteiger partial charge in [-0.15, -0.1) is 0 Å². The van der Waals surface area contributed by atoms with Crippen molar-refractivity contribution in [2.75, 3.05) is 0 Å². The third-order valence-electron chi connectivity index (χ3n) is 2.06. The van der Waals surface area contributed by atoms with Crippen LogP contribution in [-0.4, -0.2) is 4.98 Å². The van der Waals surface area contributed by atoms with Gasteiger partial charge in [0.1, 0.15) is 4.60 Å². The summed E-state index contributed by atoms with van der Waals surface area (Å²) in [6, 6.07) is 3.93. The van der Waals surface area contributed by atoms with Gasteiger partial charge < -0.3 is 5.73 Å². The van der Waals surface area contributed by atoms with Crippen LogP contribution in [0.2, 0.25) is 0 Å². The Morgan fingerprint density at radius 2 is 2.08 bits per heavy atom. The summed E-state index contributed by atoms with van der Waals surface area (Å²) in [5.41, 5.74) is 7.23. The first kappa shape index (κ1) is 10.7. The van der Waals surface area contributed by atoms with E-state index in [9.17, 15) is 0 Å². The number of nitrogens with two attached hydrogens (primary N) is 1. The van der Waals surface area contributed by atoms with Crippen LogP contribution in [0.5, 0.6) is 0 Å². The monoisotopic (exact) mass is 242 g/mol. The third-order valence-corrected chi connectivity index (χ3v) is 2.72. The van der Waals surface area contributed by atoms with Crippen molar-refractivity contribution in [3.8, 4) is 0 Å². The lowest BCUT2D eigenvalue weighted by molar-refractivity contribution is 0.325. The van der Waals surface area contributed by atoms with Crippen LogP contribution in [0.1, 0.15) is 32.4 Å². The topological polar surface area (TPSA) is 38.9 Å². The fourth-order valence-corrected chi connectivity index (χ4v) is 1.59. The number of hydrogen-bond donors (Lipinski definition) is 1. The van der Waals surface area contributed by atoms with E-state index in [2.05, 4.69) is 41.7 Å². The minimum atomic E-state index is 0.00979. The van der Waals surface area contributed by atoms with Crippen molar-refractivity contribution in [1.82, 2.24) is 4.98 Å². The van der Waals surface area contributed by atoms with Crippen molar-refractivity contribution >= 4 is 15.9 Å². The number of hydrogen-bond acceptors (Lipinski definition) is 2. The van der Waals surface area contributed by atoms with E-state index in [1.165, 1.54) is 0 Å². The summed E-state index contributed by atoms with van der Waals surface area (Å²) in [7, 11) is 0. The van der Waals surface area contributed by atoms with Crippen LogP contribution in [-0.2, 0) is 0 Å². The standard InChI is InChI=1S/C10H15BrN2/c1-10(2,3)8(12)7-5-4-6-13-9(7)11/h4-6,8H,12H2,1-3H3/t8-/m0/s1. The largest absolute Gasteiger partial charge is 0.323 e. The lowest BCUT2D eigenvalue weighted by Gasteiger charge is -2.27. The van der Waals surface area contributed by atoms with Crippen LogP contribution in [0.25, 0.3) is 0 Å². The highest BCUT2D eigenvalue weighted by atomic mass is 79.9. The SMILES string of the molecule is CC(C)(C)[C@@H](N)c1cccnc1Br. The normalized spacial score (nSPS) is 14.2. The molecule has 0 fully saturated rings. The maximum absolute atomic E-state index is 6.10. The molecule has 0 radical (unpaired) electrons. The molecule has 1 heterocycles. The van der Waals surface area contributed by atoms with E-state index >= 15 is 0 Å². The maximum atomic E-state index is 6.10. The molecule has 0 saturated carbocycles. The third kappa shape index (κ3) is 2.51. The Morgan fingerprint density at radius 3 is 2.54 bits per heavy atom. The van der Waals surface area contributed by atoms with E-state index in [1.807, 2.05) is 12.1 Å². The molecule has 0 spiro atoms. The molecule has 0 aliphatic heterocycles. The van der Waals surface area contributed by atoms with Gasteiger partial charge >= 0.3 is 0 Å². The van der Waals surface area contributed by atoms with Gasteiger partial charge in [0.05, 0.1) is 0 Å². The van der Waals surface area contributed by atoms with E-state index in [4.69, 9.17) is 5.73 Å². The zero-order chi connectivity index (χ0) is 10.1. The Labute approximate surface area is 87.7 Å². The second-order valence-corrected chi connectivity index (χ2v) is 4.98. The molecule has 3 heteroatoms. The zero-order valence-electron chi connectivity index (χ0n) is 8.21. The van der Waals surface area contributed by atoms with Gasteiger partial charge in [-0.1, -0.05) is 26.8 Å². The number of nitrogens with zero attached hydrogens (tertiary/aromatic N) is 1. The molecule has 0 bridgehead atoms. The van der Waals surface area contributed by atoms with Crippen molar-refractivity contribution in [2.45, 2.75) is 26.8 Å². The van der Waals surface area contributed by atoms with Gasteiger partial charge in [-0.25, -0.2) is 4.98 Å². The molecule has 0 aliphatic rings. The molecule has 0 aromatic carbocycles. The molecule has 13 heavy (non-hydrogen) atoms. The molecular formula is C10H15BrN2. The summed E-state index contributed by atoms with van der Waals surface area (Å²) in [5, 5.41) is 0. The molecule has 0 amide bonds. The number of halogens is 1. The van der Waals surface area contributed by atoms with Crippen molar-refractivity contribution < 1.29 is 0 Å². The highest BCUT2D eigenvalue weighted by Crippen LogP contribution is 2.33. The molecule has 1 rings (SSSR count). The minimum Gasteiger partial charge on any atom is -0.323 e. The highest BCUT2D eigenvalue weighted by molar-refractivity contribution is 9.10. The summed E-state index contributed by atoms with van der Waals surface area (Å²) in [6.45, 7) is 6.37. The summed E-state index contributed by atoms with van der Waals surface area (Å²) in [6.07, 6.45) is 1.75. The predicted molar refractivity (Wildman–Crippen MR) is 58.3 cm³/mol. The van der Waals surface area contributed by atoms with Gasteiger partial charge in [0.15, 0.2) is 0 Å². The first-order valence-electron chi connectivity index (χ1n) is 4.29. The molecule has 0 aliphatic carbocycles. The molecule has 1 atom stereocenters. The number of aromatic nitrogens is 1. The summed E-state index contributed by atoms with van der Waals surface area (Å²) in [5.74, 6) is 0. The molecule has 1 aromatic heterocycles. The Hall–Kier alpha value is -0.410. The molecule has 2 N–H and O–H groups in total. The van der Waals surface area contributed by atoms with E-state index in [0.717, 1.165) is 10.2 Å². The van der Waals surface area contributed by atoms with Crippen LogP contribution < -0.4 is 5.73 Å². The molecule has 1 aromatic rings. The predicted octanol–water partition coefficient (Wildman–Crippen LogP) is 2.89. The van der Waals surface area contributed by atoms with Crippen LogP contribution in [0.3, 0.4) is 0 Å². The van der Waals surface area contributed by atoms with E-state index < -0.39 is 0 Å². The van der Waals surface area contributed by atoms with Crippen LogP contribution >= 0.6 is 15.9 Å². The fraction of sp³-hybridized carbons (Fsp3) is 0.500. The van der Waals surface area contributed by atoms with Crippen molar-refractivity contribution in [2.24, 2.45) is 11.1 Å². The average molecular weight is 243 g/mol. The van der Waals surface area contributed by atoms with Crippen LogP contribution in [0, 0.1) is 5.41 Å². The van der Waals surface area contributed by atoms with Gasteiger partial charge in [-0.2, -0.15) is 0 Å². The molecular weight excluding hydrogens is 228 g/mol. The summed E-state index contributed by atoms with van der Waals surface area (Å²) >= 11 is 3.40. The lowest BCUT2D eigenvalue weighted by Crippen LogP contribution is -2.26. The van der Waals surface area contributed by atoms with Crippen LogP contribution in [0.4, 0.5) is 0 Å². The second kappa shape index (κ2) is 3.76. The molecule has 72 valence electrons. The Morgan fingerprint density at radius 1 is 1.46 bits per heavy atom. The van der Waals surface area contributed by atoms with E-state index in [1.54, 1.807) is 6.20 Å².